The third-order valence-electron chi connectivity index (χ3n) is 5.08. The van der Waals surface area contributed by atoms with E-state index in [2.05, 4.69) is 10.3 Å². The van der Waals surface area contributed by atoms with Crippen molar-refractivity contribution in [1.29, 1.82) is 0 Å². The van der Waals surface area contributed by atoms with Crippen molar-refractivity contribution < 1.29 is 17.9 Å². The molecule has 0 atom stereocenters. The number of benzene rings is 3. The van der Waals surface area contributed by atoms with E-state index in [1.54, 1.807) is 12.1 Å². The number of anilines is 1. The third kappa shape index (κ3) is 3.94. The van der Waals surface area contributed by atoms with Gasteiger partial charge in [0.05, 0.1) is 0 Å². The number of nitrogens with zero attached hydrogens (tertiary/aromatic N) is 1. The zero-order valence-corrected chi connectivity index (χ0v) is 16.5. The van der Waals surface area contributed by atoms with Crippen LogP contribution < -0.4 is 10.1 Å². The van der Waals surface area contributed by atoms with Gasteiger partial charge in [0.25, 0.3) is 0 Å². The fraction of sp³-hybridized carbons (Fsp3) is 0.125. The van der Waals surface area contributed by atoms with Crippen molar-refractivity contribution >= 4 is 11.6 Å². The Morgan fingerprint density at radius 3 is 2.47 bits per heavy atom. The predicted molar refractivity (Wildman–Crippen MR) is 112 cm³/mol. The molecule has 4 rings (SSSR count). The van der Waals surface area contributed by atoms with Gasteiger partial charge in [-0.1, -0.05) is 18.2 Å². The van der Waals surface area contributed by atoms with Gasteiger partial charge in [0.15, 0.2) is 11.6 Å². The molecule has 6 heteroatoms. The highest BCUT2D eigenvalue weighted by Gasteiger charge is 2.17. The number of halogens is 3. The average molecular weight is 408 g/mol. The fourth-order valence-corrected chi connectivity index (χ4v) is 3.22. The van der Waals surface area contributed by atoms with Gasteiger partial charge in [-0.25, -0.2) is 18.2 Å². The molecule has 152 valence electrons. The van der Waals surface area contributed by atoms with E-state index in [-0.39, 0.29) is 29.7 Å². The summed E-state index contributed by atoms with van der Waals surface area (Å²) in [6, 6.07) is 12.6. The first-order valence-electron chi connectivity index (χ1n) is 9.42. The van der Waals surface area contributed by atoms with Gasteiger partial charge in [-0.2, -0.15) is 0 Å². The second-order valence-electron chi connectivity index (χ2n) is 7.06. The zero-order valence-electron chi connectivity index (χ0n) is 16.5. The molecule has 1 aliphatic heterocycles. The van der Waals surface area contributed by atoms with Gasteiger partial charge in [-0.05, 0) is 72.0 Å². The minimum atomic E-state index is -0.825. The van der Waals surface area contributed by atoms with Crippen molar-refractivity contribution in [3.05, 3.63) is 94.9 Å². The van der Waals surface area contributed by atoms with Gasteiger partial charge in [0.2, 0.25) is 5.90 Å². The van der Waals surface area contributed by atoms with E-state index in [1.165, 1.54) is 24.4 Å². The van der Waals surface area contributed by atoms with E-state index < -0.39 is 11.6 Å². The highest BCUT2D eigenvalue weighted by Crippen LogP contribution is 2.30. The van der Waals surface area contributed by atoms with E-state index in [4.69, 9.17) is 4.74 Å². The van der Waals surface area contributed by atoms with E-state index in [0.717, 1.165) is 33.9 Å². The molecule has 3 aromatic rings. The molecule has 0 saturated heterocycles. The number of rotatable bonds is 5. The number of aryl methyl sites for hydroxylation is 1. The predicted octanol–water partition coefficient (Wildman–Crippen LogP) is 6.30. The SMILES string of the molecule is Cc1cc(-c2cccc(F)c2)cc(CNc2c(F)ccc(OC3=NC=C3)c2F)c1C. The van der Waals surface area contributed by atoms with Crippen LogP contribution in [-0.4, -0.2) is 5.90 Å². The standard InChI is InChI=1S/C24H19F3N2O/c1-14-10-17(16-4-3-5-19(25)12-16)11-18(15(14)2)13-29-24-20(26)6-7-21(23(24)27)30-22-8-9-28-22/h3-12,29H,13H2,1-2H3. The number of hydrogen-bond donors (Lipinski definition) is 1. The number of nitrogens with one attached hydrogen (secondary N) is 1. The summed E-state index contributed by atoms with van der Waals surface area (Å²) in [6.07, 6.45) is 3.10. The average Bonchev–Trinajstić information content (AvgIpc) is 2.68. The maximum absolute atomic E-state index is 14.8. The first-order valence-corrected chi connectivity index (χ1v) is 9.42. The molecule has 0 fully saturated rings. The maximum atomic E-state index is 14.8. The van der Waals surface area contributed by atoms with E-state index in [1.807, 2.05) is 32.0 Å². The number of hydrogen-bond acceptors (Lipinski definition) is 3. The van der Waals surface area contributed by atoms with Crippen molar-refractivity contribution in [2.24, 2.45) is 4.99 Å². The second-order valence-corrected chi connectivity index (χ2v) is 7.06. The lowest BCUT2D eigenvalue weighted by atomic mass is 9.95. The highest BCUT2D eigenvalue weighted by molar-refractivity contribution is 5.94. The molecule has 0 aromatic heterocycles. The molecule has 0 amide bonds. The van der Waals surface area contributed by atoms with Crippen molar-refractivity contribution in [2.75, 3.05) is 5.32 Å². The summed E-state index contributed by atoms with van der Waals surface area (Å²) in [5, 5.41) is 2.84. The summed E-state index contributed by atoms with van der Waals surface area (Å²) in [7, 11) is 0. The van der Waals surface area contributed by atoms with Gasteiger partial charge < -0.3 is 10.1 Å². The third-order valence-corrected chi connectivity index (χ3v) is 5.08. The minimum Gasteiger partial charge on any atom is -0.436 e. The molecule has 0 saturated carbocycles. The van der Waals surface area contributed by atoms with Gasteiger partial charge >= 0.3 is 0 Å². The van der Waals surface area contributed by atoms with Crippen molar-refractivity contribution in [2.45, 2.75) is 20.4 Å². The van der Waals surface area contributed by atoms with Crippen LogP contribution in [0.3, 0.4) is 0 Å². The molecular weight excluding hydrogens is 389 g/mol. The smallest absolute Gasteiger partial charge is 0.220 e. The van der Waals surface area contributed by atoms with Gasteiger partial charge in [0.1, 0.15) is 17.3 Å². The summed E-state index contributed by atoms with van der Waals surface area (Å²) in [6.45, 7) is 4.08. The molecule has 1 aliphatic rings. The first-order chi connectivity index (χ1) is 14.4. The Bertz CT molecular complexity index is 1190. The largest absolute Gasteiger partial charge is 0.436 e. The summed E-state index contributed by atoms with van der Waals surface area (Å²) in [5.74, 6) is -1.71. The maximum Gasteiger partial charge on any atom is 0.220 e. The van der Waals surface area contributed by atoms with Crippen LogP contribution in [0.1, 0.15) is 16.7 Å². The quantitative estimate of drug-likeness (QED) is 0.537. The molecule has 1 N–H and O–H groups in total. The minimum absolute atomic E-state index is 0.108. The first kappa shape index (κ1) is 19.8. The molecule has 0 aliphatic carbocycles. The normalized spacial score (nSPS) is 12.4. The Balaban J connectivity index is 1.61. The van der Waals surface area contributed by atoms with Gasteiger partial charge in [0, 0.05) is 18.8 Å². The van der Waals surface area contributed by atoms with Gasteiger partial charge in [-0.15, -0.1) is 0 Å². The molecule has 30 heavy (non-hydrogen) atoms. The lowest BCUT2D eigenvalue weighted by Gasteiger charge is -2.16. The van der Waals surface area contributed by atoms with Crippen LogP contribution in [0.4, 0.5) is 18.9 Å². The highest BCUT2D eigenvalue weighted by atomic mass is 19.1. The molecule has 0 radical (unpaired) electrons. The van der Waals surface area contributed by atoms with Crippen LogP contribution in [0.2, 0.25) is 0 Å². The molecule has 3 nitrogen and oxygen atoms in total. The Hall–Kier alpha value is -3.54. The lowest BCUT2D eigenvalue weighted by molar-refractivity contribution is 0.485. The van der Waals surface area contributed by atoms with Crippen LogP contribution in [0.5, 0.6) is 5.75 Å². The van der Waals surface area contributed by atoms with Crippen LogP contribution in [0.15, 0.2) is 65.8 Å². The molecule has 3 aromatic carbocycles. The molecule has 0 unspecified atom stereocenters. The summed E-state index contributed by atoms with van der Waals surface area (Å²) in [5.41, 5.74) is 4.14. The Labute approximate surface area is 172 Å². The summed E-state index contributed by atoms with van der Waals surface area (Å²) < 4.78 is 48.0. The zero-order chi connectivity index (χ0) is 21.3. The Morgan fingerprint density at radius 1 is 0.967 bits per heavy atom. The fourth-order valence-electron chi connectivity index (χ4n) is 3.22. The van der Waals surface area contributed by atoms with Crippen LogP contribution in [0.25, 0.3) is 11.1 Å². The number of ether oxygens (including phenoxy) is 1. The van der Waals surface area contributed by atoms with Crippen molar-refractivity contribution in [3.8, 4) is 16.9 Å². The van der Waals surface area contributed by atoms with Crippen molar-refractivity contribution in [1.82, 2.24) is 0 Å². The molecular formula is C24H19F3N2O. The lowest BCUT2D eigenvalue weighted by Crippen LogP contribution is -2.12. The Morgan fingerprint density at radius 2 is 1.77 bits per heavy atom. The van der Waals surface area contributed by atoms with Crippen LogP contribution >= 0.6 is 0 Å². The summed E-state index contributed by atoms with van der Waals surface area (Å²) >= 11 is 0. The number of aliphatic imine (C=N–C) groups is 1. The van der Waals surface area contributed by atoms with E-state index in [0.29, 0.717) is 0 Å². The van der Waals surface area contributed by atoms with Crippen LogP contribution in [-0.2, 0) is 6.54 Å². The van der Waals surface area contributed by atoms with Gasteiger partial charge in [-0.3, -0.25) is 0 Å². The second kappa shape index (κ2) is 8.06. The van der Waals surface area contributed by atoms with Crippen LogP contribution in [0, 0.1) is 31.3 Å². The van der Waals surface area contributed by atoms with E-state index >= 15 is 0 Å². The summed E-state index contributed by atoms with van der Waals surface area (Å²) in [4.78, 5) is 3.82. The Kier molecular flexibility index (Phi) is 5.31. The molecule has 1 heterocycles. The molecule has 0 bridgehead atoms. The molecule has 0 spiro atoms. The monoisotopic (exact) mass is 408 g/mol. The van der Waals surface area contributed by atoms with Crippen molar-refractivity contribution in [3.63, 3.8) is 0 Å². The topological polar surface area (TPSA) is 33.6 Å². The van der Waals surface area contributed by atoms with E-state index in [9.17, 15) is 13.2 Å².